The predicted molar refractivity (Wildman–Crippen MR) is 70.4 cm³/mol. The van der Waals surface area contributed by atoms with Crippen LogP contribution in [0.1, 0.15) is 5.56 Å². The number of alkyl halides is 3. The van der Waals surface area contributed by atoms with E-state index >= 15 is 0 Å². The average Bonchev–Trinajstić information content (AvgIpc) is 2.35. The Labute approximate surface area is 123 Å². The molecule has 0 aromatic heterocycles. The van der Waals surface area contributed by atoms with Gasteiger partial charge < -0.3 is 19.9 Å². The third kappa shape index (κ3) is 7.09. The minimum atomic E-state index is -4.70. The Balaban J connectivity index is 2.39. The van der Waals surface area contributed by atoms with Crippen LogP contribution < -0.4 is 10.1 Å². The van der Waals surface area contributed by atoms with Gasteiger partial charge in [0, 0.05) is 13.1 Å². The Bertz CT molecular complexity index is 415. The highest BCUT2D eigenvalue weighted by atomic mass is 79.9. The van der Waals surface area contributed by atoms with Crippen LogP contribution in [0.4, 0.5) is 13.2 Å². The van der Waals surface area contributed by atoms with Gasteiger partial charge in [0.15, 0.2) is 0 Å². The summed E-state index contributed by atoms with van der Waals surface area (Å²) in [6.07, 6.45) is -4.70. The minimum Gasteiger partial charge on any atom is -0.405 e. The summed E-state index contributed by atoms with van der Waals surface area (Å²) < 4.78 is 45.4. The molecule has 0 amide bonds. The first kappa shape index (κ1) is 17.2. The molecule has 0 radical (unpaired) electrons. The van der Waals surface area contributed by atoms with Crippen molar-refractivity contribution in [2.24, 2.45) is 0 Å². The van der Waals surface area contributed by atoms with Crippen molar-refractivity contribution in [2.45, 2.75) is 12.9 Å². The van der Waals surface area contributed by atoms with Crippen LogP contribution in [0.5, 0.6) is 5.75 Å². The summed E-state index contributed by atoms with van der Waals surface area (Å²) in [6.45, 7) is 1.80. The van der Waals surface area contributed by atoms with E-state index in [0.717, 1.165) is 5.56 Å². The number of hydrogen-bond donors (Lipinski definition) is 2. The van der Waals surface area contributed by atoms with Crippen molar-refractivity contribution in [2.75, 3.05) is 26.4 Å². The first-order valence-corrected chi connectivity index (χ1v) is 6.65. The van der Waals surface area contributed by atoms with E-state index in [1.807, 2.05) is 0 Å². The second kappa shape index (κ2) is 8.46. The number of aliphatic hydroxyl groups is 1. The zero-order chi connectivity index (χ0) is 15.0. The molecule has 0 bridgehead atoms. The van der Waals surface area contributed by atoms with Crippen molar-refractivity contribution in [3.8, 4) is 5.75 Å². The third-order valence-corrected chi connectivity index (χ3v) is 2.83. The molecule has 2 N–H and O–H groups in total. The molecule has 0 saturated heterocycles. The molecule has 0 saturated carbocycles. The largest absolute Gasteiger partial charge is 0.573 e. The molecule has 20 heavy (non-hydrogen) atoms. The lowest BCUT2D eigenvalue weighted by molar-refractivity contribution is -0.274. The molecule has 1 aromatic rings. The fourth-order valence-electron chi connectivity index (χ4n) is 1.41. The Kier molecular flexibility index (Phi) is 7.28. The van der Waals surface area contributed by atoms with Gasteiger partial charge in [-0.25, -0.2) is 0 Å². The number of benzene rings is 1. The summed E-state index contributed by atoms with van der Waals surface area (Å²) >= 11 is 3.04. The first-order chi connectivity index (χ1) is 9.42. The number of ether oxygens (including phenoxy) is 2. The van der Waals surface area contributed by atoms with Gasteiger partial charge in [0.1, 0.15) is 5.75 Å². The lowest BCUT2D eigenvalue weighted by Gasteiger charge is -2.12. The minimum absolute atomic E-state index is 0.0202. The fourth-order valence-corrected chi connectivity index (χ4v) is 1.91. The maximum atomic E-state index is 12.1. The highest BCUT2D eigenvalue weighted by Crippen LogP contribution is 2.30. The van der Waals surface area contributed by atoms with E-state index in [9.17, 15) is 13.2 Å². The van der Waals surface area contributed by atoms with Crippen LogP contribution in [0.3, 0.4) is 0 Å². The number of hydrogen-bond acceptors (Lipinski definition) is 4. The molecular formula is C12H15BrF3NO3. The normalized spacial score (nSPS) is 11.7. The number of nitrogens with one attached hydrogen (secondary N) is 1. The summed E-state index contributed by atoms with van der Waals surface area (Å²) in [5.74, 6) is -0.271. The van der Waals surface area contributed by atoms with Gasteiger partial charge in [-0.3, -0.25) is 0 Å². The molecular weight excluding hydrogens is 343 g/mol. The quantitative estimate of drug-likeness (QED) is 0.701. The number of rotatable bonds is 8. The Hall–Kier alpha value is -0.830. The van der Waals surface area contributed by atoms with E-state index in [1.165, 1.54) is 6.07 Å². The Morgan fingerprint density at radius 1 is 1.25 bits per heavy atom. The van der Waals surface area contributed by atoms with E-state index in [0.29, 0.717) is 19.7 Å². The summed E-state index contributed by atoms with van der Waals surface area (Å²) in [7, 11) is 0. The molecule has 0 spiro atoms. The number of aliphatic hydroxyl groups excluding tert-OH is 1. The van der Waals surface area contributed by atoms with Crippen molar-refractivity contribution in [3.63, 3.8) is 0 Å². The first-order valence-electron chi connectivity index (χ1n) is 5.86. The van der Waals surface area contributed by atoms with Crippen LogP contribution in [-0.2, 0) is 11.3 Å². The van der Waals surface area contributed by atoms with Gasteiger partial charge in [-0.15, -0.1) is 13.2 Å². The second-order valence-electron chi connectivity index (χ2n) is 3.83. The highest BCUT2D eigenvalue weighted by Gasteiger charge is 2.31. The molecule has 4 nitrogen and oxygen atoms in total. The van der Waals surface area contributed by atoms with Gasteiger partial charge in [0.2, 0.25) is 0 Å². The van der Waals surface area contributed by atoms with Crippen LogP contribution in [-0.4, -0.2) is 37.8 Å². The Morgan fingerprint density at radius 3 is 2.60 bits per heavy atom. The van der Waals surface area contributed by atoms with Gasteiger partial charge in [-0.05, 0) is 33.6 Å². The maximum absolute atomic E-state index is 12.1. The number of halogens is 4. The molecule has 0 aliphatic heterocycles. The Morgan fingerprint density at radius 2 is 2.00 bits per heavy atom. The molecule has 0 fully saturated rings. The lowest BCUT2D eigenvalue weighted by atomic mass is 10.2. The van der Waals surface area contributed by atoms with E-state index < -0.39 is 6.36 Å². The third-order valence-electron chi connectivity index (χ3n) is 2.21. The van der Waals surface area contributed by atoms with E-state index in [4.69, 9.17) is 9.84 Å². The van der Waals surface area contributed by atoms with Crippen molar-refractivity contribution >= 4 is 15.9 Å². The van der Waals surface area contributed by atoms with E-state index in [2.05, 4.69) is 26.0 Å². The van der Waals surface area contributed by atoms with Gasteiger partial charge in [0.25, 0.3) is 0 Å². The molecule has 0 unspecified atom stereocenters. The molecule has 0 aliphatic rings. The monoisotopic (exact) mass is 357 g/mol. The molecule has 0 aliphatic carbocycles. The van der Waals surface area contributed by atoms with Gasteiger partial charge in [0.05, 0.1) is 24.3 Å². The molecule has 8 heteroatoms. The van der Waals surface area contributed by atoms with Gasteiger partial charge in [-0.2, -0.15) is 0 Å². The smallest absolute Gasteiger partial charge is 0.405 e. The summed E-state index contributed by atoms with van der Waals surface area (Å²) in [5, 5.41) is 11.6. The summed E-state index contributed by atoms with van der Waals surface area (Å²) in [5.41, 5.74) is 0.813. The van der Waals surface area contributed by atoms with Gasteiger partial charge in [-0.1, -0.05) is 6.07 Å². The highest BCUT2D eigenvalue weighted by molar-refractivity contribution is 9.10. The van der Waals surface area contributed by atoms with Crippen LogP contribution in [0.15, 0.2) is 22.7 Å². The zero-order valence-electron chi connectivity index (χ0n) is 10.5. The van der Waals surface area contributed by atoms with Crippen LogP contribution in [0, 0.1) is 0 Å². The molecule has 1 rings (SSSR count). The predicted octanol–water partition coefficient (Wildman–Crippen LogP) is 2.45. The van der Waals surface area contributed by atoms with Crippen molar-refractivity contribution < 1.29 is 27.8 Å². The lowest BCUT2D eigenvalue weighted by Crippen LogP contribution is -2.20. The van der Waals surface area contributed by atoms with E-state index in [-0.39, 0.29) is 23.4 Å². The van der Waals surface area contributed by atoms with Crippen molar-refractivity contribution in [1.82, 2.24) is 5.32 Å². The standard InChI is InChI=1S/C12H15BrF3NO3/c13-10-7-9(8-17-3-5-19-6-4-18)1-2-11(10)20-12(14,15)16/h1-2,7,17-18H,3-6,8H2. The van der Waals surface area contributed by atoms with Crippen molar-refractivity contribution in [1.29, 1.82) is 0 Å². The topological polar surface area (TPSA) is 50.7 Å². The second-order valence-corrected chi connectivity index (χ2v) is 4.68. The SMILES string of the molecule is OCCOCCNCc1ccc(OC(F)(F)F)c(Br)c1. The summed E-state index contributed by atoms with van der Waals surface area (Å²) in [4.78, 5) is 0. The fraction of sp³-hybridized carbons (Fsp3) is 0.500. The average molecular weight is 358 g/mol. The molecule has 114 valence electrons. The molecule has 0 heterocycles. The van der Waals surface area contributed by atoms with Crippen LogP contribution in [0.25, 0.3) is 0 Å². The van der Waals surface area contributed by atoms with Gasteiger partial charge >= 0.3 is 6.36 Å². The van der Waals surface area contributed by atoms with Crippen LogP contribution in [0.2, 0.25) is 0 Å². The molecule has 0 atom stereocenters. The summed E-state index contributed by atoms with van der Waals surface area (Å²) in [6, 6.07) is 4.37. The van der Waals surface area contributed by atoms with Crippen molar-refractivity contribution in [3.05, 3.63) is 28.2 Å². The zero-order valence-corrected chi connectivity index (χ0v) is 12.1. The van der Waals surface area contributed by atoms with E-state index in [1.54, 1.807) is 12.1 Å². The maximum Gasteiger partial charge on any atom is 0.573 e. The molecule has 1 aromatic carbocycles. The van der Waals surface area contributed by atoms with Crippen LogP contribution >= 0.6 is 15.9 Å².